The Balaban J connectivity index is 1.30. The van der Waals surface area contributed by atoms with Gasteiger partial charge in [-0.3, -0.25) is 14.9 Å². The SMILES string of the molecule is CC(C)c1ccc(CN2CCN(C)[C@@H](CC(C)c3ccc(O[C@H]4CCN(CCO)C=C4F)cn3)C2)cn1. The summed E-state index contributed by atoms with van der Waals surface area (Å²) in [4.78, 5) is 16.1. The second-order valence-electron chi connectivity index (χ2n) is 10.8. The normalized spacial score (nSPS) is 22.2. The number of β-amino-alcohol motifs (C(OH)–C–C–N with tert-alkyl or cyclic N) is 1. The van der Waals surface area contributed by atoms with Gasteiger partial charge in [0.05, 0.1) is 12.8 Å². The van der Waals surface area contributed by atoms with Crippen LogP contribution in [0.5, 0.6) is 5.75 Å². The lowest BCUT2D eigenvalue weighted by atomic mass is 9.95. The minimum absolute atomic E-state index is 0.0112. The molecule has 0 amide bonds. The molecule has 2 aromatic rings. The van der Waals surface area contributed by atoms with Gasteiger partial charge in [-0.15, -0.1) is 0 Å². The predicted molar refractivity (Wildman–Crippen MR) is 144 cm³/mol. The van der Waals surface area contributed by atoms with Gasteiger partial charge in [-0.25, -0.2) is 4.39 Å². The first kappa shape index (κ1) is 27.5. The summed E-state index contributed by atoms with van der Waals surface area (Å²) in [6, 6.07) is 8.72. The maximum atomic E-state index is 14.4. The first-order valence-electron chi connectivity index (χ1n) is 13.5. The third-order valence-electron chi connectivity index (χ3n) is 7.55. The number of hydrogen-bond donors (Lipinski definition) is 1. The Bertz CT molecular complexity index is 1010. The molecule has 2 aromatic heterocycles. The second-order valence-corrected chi connectivity index (χ2v) is 10.8. The number of hydrogen-bond acceptors (Lipinski definition) is 7. The van der Waals surface area contributed by atoms with Crippen molar-refractivity contribution in [1.29, 1.82) is 0 Å². The van der Waals surface area contributed by atoms with Crippen LogP contribution >= 0.6 is 0 Å². The van der Waals surface area contributed by atoms with Crippen molar-refractivity contribution in [3.63, 3.8) is 0 Å². The molecular weight excluding hydrogens is 469 g/mol. The number of ether oxygens (including phenoxy) is 1. The van der Waals surface area contributed by atoms with Gasteiger partial charge in [0.1, 0.15) is 5.75 Å². The van der Waals surface area contributed by atoms with Gasteiger partial charge < -0.3 is 19.6 Å². The monoisotopic (exact) mass is 511 g/mol. The molecule has 0 bridgehead atoms. The highest BCUT2D eigenvalue weighted by Crippen LogP contribution is 2.27. The Morgan fingerprint density at radius 2 is 1.84 bits per heavy atom. The third kappa shape index (κ3) is 7.49. The smallest absolute Gasteiger partial charge is 0.156 e. The Kier molecular flexibility index (Phi) is 9.51. The van der Waals surface area contributed by atoms with Gasteiger partial charge in [0.2, 0.25) is 0 Å². The van der Waals surface area contributed by atoms with E-state index in [1.54, 1.807) is 11.1 Å². The van der Waals surface area contributed by atoms with Gasteiger partial charge in [0, 0.05) is 75.5 Å². The van der Waals surface area contributed by atoms with Gasteiger partial charge in [0.25, 0.3) is 0 Å². The van der Waals surface area contributed by atoms with E-state index >= 15 is 0 Å². The number of rotatable bonds is 10. The molecule has 0 saturated carbocycles. The highest BCUT2D eigenvalue weighted by molar-refractivity contribution is 5.23. The molecule has 2 aliphatic heterocycles. The van der Waals surface area contributed by atoms with E-state index in [2.05, 4.69) is 59.7 Å². The number of pyridine rings is 2. The third-order valence-corrected chi connectivity index (χ3v) is 7.55. The molecule has 37 heavy (non-hydrogen) atoms. The summed E-state index contributed by atoms with van der Waals surface area (Å²) in [5.74, 6) is 1.02. The molecule has 4 rings (SSSR count). The van der Waals surface area contributed by atoms with E-state index in [-0.39, 0.29) is 12.4 Å². The molecule has 3 atom stereocenters. The molecule has 1 saturated heterocycles. The lowest BCUT2D eigenvalue weighted by Gasteiger charge is -2.40. The van der Waals surface area contributed by atoms with Gasteiger partial charge in [-0.05, 0) is 49.1 Å². The second kappa shape index (κ2) is 12.8. The number of nitrogens with zero attached hydrogens (tertiary/aromatic N) is 5. The summed E-state index contributed by atoms with van der Waals surface area (Å²) < 4.78 is 20.3. The Hall–Kier alpha value is -2.55. The molecule has 0 radical (unpaired) electrons. The van der Waals surface area contributed by atoms with E-state index in [0.29, 0.717) is 43.1 Å². The van der Waals surface area contributed by atoms with Gasteiger partial charge in [-0.2, -0.15) is 0 Å². The van der Waals surface area contributed by atoms with Crippen LogP contribution in [0, 0.1) is 0 Å². The molecule has 8 heteroatoms. The number of aliphatic hydroxyl groups is 1. The number of aliphatic hydroxyl groups excluding tert-OH is 1. The van der Waals surface area contributed by atoms with Crippen molar-refractivity contribution in [1.82, 2.24) is 24.7 Å². The fourth-order valence-electron chi connectivity index (χ4n) is 5.15. The largest absolute Gasteiger partial charge is 0.482 e. The zero-order valence-electron chi connectivity index (χ0n) is 22.7. The van der Waals surface area contributed by atoms with Crippen LogP contribution in [-0.2, 0) is 6.54 Å². The molecule has 4 heterocycles. The van der Waals surface area contributed by atoms with E-state index in [0.717, 1.165) is 44.0 Å². The van der Waals surface area contributed by atoms with E-state index in [4.69, 9.17) is 9.84 Å². The molecule has 202 valence electrons. The summed E-state index contributed by atoms with van der Waals surface area (Å²) in [6.07, 6.45) is 6.14. The first-order chi connectivity index (χ1) is 17.8. The maximum Gasteiger partial charge on any atom is 0.156 e. The minimum Gasteiger partial charge on any atom is -0.482 e. The molecule has 7 nitrogen and oxygen atoms in total. The molecule has 1 N–H and O–H groups in total. The quantitative estimate of drug-likeness (QED) is 0.514. The summed E-state index contributed by atoms with van der Waals surface area (Å²) in [5.41, 5.74) is 3.44. The zero-order chi connectivity index (χ0) is 26.4. The standard InChI is InChI=1S/C29H42FN5O2/c1-21(2)27-7-5-23(16-31-27)18-35-12-11-33(4)24(19-35)15-22(3)28-8-6-25(17-32-28)37-29-9-10-34(13-14-36)20-26(29)30/h5-8,16-17,20-22,24,29,36H,9-15,18-19H2,1-4H3/t22?,24-,29-/m0/s1. The van der Waals surface area contributed by atoms with Crippen molar-refractivity contribution < 1.29 is 14.2 Å². The van der Waals surface area contributed by atoms with Gasteiger partial charge in [0.15, 0.2) is 11.9 Å². The van der Waals surface area contributed by atoms with Crippen molar-refractivity contribution in [2.75, 3.05) is 46.4 Å². The van der Waals surface area contributed by atoms with E-state index in [1.165, 1.54) is 11.8 Å². The predicted octanol–water partition coefficient (Wildman–Crippen LogP) is 4.17. The highest BCUT2D eigenvalue weighted by Gasteiger charge is 2.27. The molecule has 0 spiro atoms. The fraction of sp³-hybridized carbons (Fsp3) is 0.586. The van der Waals surface area contributed by atoms with Crippen LogP contribution in [0.1, 0.15) is 62.4 Å². The van der Waals surface area contributed by atoms with Crippen molar-refractivity contribution in [2.24, 2.45) is 0 Å². The minimum atomic E-state index is -0.598. The number of aromatic nitrogens is 2. The topological polar surface area (TPSA) is 65.0 Å². The molecule has 0 aromatic carbocycles. The molecule has 1 unspecified atom stereocenters. The van der Waals surface area contributed by atoms with Crippen LogP contribution in [0.3, 0.4) is 0 Å². The summed E-state index contributed by atoms with van der Waals surface area (Å²) in [6.45, 7) is 11.7. The zero-order valence-corrected chi connectivity index (χ0v) is 22.7. The van der Waals surface area contributed by atoms with Crippen LogP contribution in [0.15, 0.2) is 48.7 Å². The average molecular weight is 512 g/mol. The van der Waals surface area contributed by atoms with Crippen LogP contribution in [0.2, 0.25) is 0 Å². The lowest BCUT2D eigenvalue weighted by Crippen LogP contribution is -2.51. The fourth-order valence-corrected chi connectivity index (χ4v) is 5.15. The molecule has 1 fully saturated rings. The van der Waals surface area contributed by atoms with E-state index in [9.17, 15) is 4.39 Å². The Labute approximate surface area is 221 Å². The van der Waals surface area contributed by atoms with Crippen LogP contribution in [0.4, 0.5) is 4.39 Å². The van der Waals surface area contributed by atoms with Crippen molar-refractivity contribution in [3.8, 4) is 5.75 Å². The molecule has 2 aliphatic rings. The number of piperazine rings is 1. The summed E-state index contributed by atoms with van der Waals surface area (Å²) >= 11 is 0. The van der Waals surface area contributed by atoms with Crippen LogP contribution in [-0.4, -0.2) is 88.3 Å². The lowest BCUT2D eigenvalue weighted by molar-refractivity contribution is 0.0821. The van der Waals surface area contributed by atoms with E-state index < -0.39 is 6.10 Å². The van der Waals surface area contributed by atoms with Crippen molar-refractivity contribution in [3.05, 3.63) is 65.6 Å². The highest BCUT2D eigenvalue weighted by atomic mass is 19.1. The maximum absolute atomic E-state index is 14.4. The van der Waals surface area contributed by atoms with Crippen molar-refractivity contribution >= 4 is 0 Å². The molecule has 0 aliphatic carbocycles. The number of halogens is 1. The van der Waals surface area contributed by atoms with E-state index in [1.807, 2.05) is 18.3 Å². The van der Waals surface area contributed by atoms with Gasteiger partial charge >= 0.3 is 0 Å². The molecular formula is C29H42FN5O2. The Morgan fingerprint density at radius 1 is 1.05 bits per heavy atom. The Morgan fingerprint density at radius 3 is 2.49 bits per heavy atom. The summed E-state index contributed by atoms with van der Waals surface area (Å²) in [5, 5.41) is 9.05. The van der Waals surface area contributed by atoms with Crippen LogP contribution < -0.4 is 4.74 Å². The number of likely N-dealkylation sites (N-methyl/N-ethyl adjacent to an activating group) is 1. The van der Waals surface area contributed by atoms with Crippen molar-refractivity contribution in [2.45, 2.75) is 64.1 Å². The van der Waals surface area contributed by atoms with Gasteiger partial charge in [-0.1, -0.05) is 26.8 Å². The first-order valence-corrected chi connectivity index (χ1v) is 13.5. The summed E-state index contributed by atoms with van der Waals surface area (Å²) in [7, 11) is 2.21. The average Bonchev–Trinajstić information content (AvgIpc) is 2.88. The van der Waals surface area contributed by atoms with Crippen LogP contribution in [0.25, 0.3) is 0 Å².